The van der Waals surface area contributed by atoms with Crippen LogP contribution in [0.1, 0.15) is 49.4 Å². The third-order valence-electron chi connectivity index (χ3n) is 5.80. The molecule has 0 unspecified atom stereocenters. The number of nitrogens with zero attached hydrogens (tertiary/aromatic N) is 3. The first-order valence-electron chi connectivity index (χ1n) is 11.3. The van der Waals surface area contributed by atoms with Crippen LogP contribution in [0, 0.1) is 0 Å². The largest absolute Gasteiger partial charge is 0.462 e. The van der Waals surface area contributed by atoms with Crippen LogP contribution in [0.15, 0.2) is 42.5 Å². The highest BCUT2D eigenvalue weighted by atomic mass is 16.7. The van der Waals surface area contributed by atoms with Crippen molar-refractivity contribution in [3.8, 4) is 17.2 Å². The molecule has 0 spiro atoms. The molecule has 0 radical (unpaired) electrons. The predicted octanol–water partition coefficient (Wildman–Crippen LogP) is 5.01. The average Bonchev–Trinajstić information content (AvgIpc) is 3.40. The summed E-state index contributed by atoms with van der Waals surface area (Å²) in [5, 5.41) is 0. The monoisotopic (exact) mass is 446 g/mol. The highest BCUT2D eigenvalue weighted by Gasteiger charge is 2.27. The second-order valence-electron chi connectivity index (χ2n) is 8.07. The lowest BCUT2D eigenvalue weighted by Gasteiger charge is -2.09. The molecule has 170 valence electrons. The number of carbonyl (C=O) groups excluding carboxylic acids is 1. The number of nitrogens with two attached hydrogens (primary N) is 1. The van der Waals surface area contributed by atoms with Crippen LogP contribution in [0.2, 0.25) is 0 Å². The van der Waals surface area contributed by atoms with Gasteiger partial charge in [0.25, 0.3) is 0 Å². The van der Waals surface area contributed by atoms with Crippen molar-refractivity contribution in [2.75, 3.05) is 19.1 Å². The Morgan fingerprint density at radius 1 is 1.03 bits per heavy atom. The first-order chi connectivity index (χ1) is 16.2. The minimum Gasteiger partial charge on any atom is -0.462 e. The second kappa shape index (κ2) is 8.97. The van der Waals surface area contributed by atoms with E-state index in [0.29, 0.717) is 46.0 Å². The maximum atomic E-state index is 13.1. The van der Waals surface area contributed by atoms with Gasteiger partial charge in [0.1, 0.15) is 16.9 Å². The first-order valence-corrected chi connectivity index (χ1v) is 11.3. The first kappa shape index (κ1) is 21.1. The van der Waals surface area contributed by atoms with E-state index in [-0.39, 0.29) is 18.2 Å². The molecular formula is C25H26N4O4. The number of unbranched alkanes of at least 4 members (excludes halogenated alkanes) is 4. The molecule has 5 rings (SSSR count). The molecule has 0 saturated carbocycles. The van der Waals surface area contributed by atoms with E-state index >= 15 is 0 Å². The van der Waals surface area contributed by atoms with Gasteiger partial charge in [0.05, 0.1) is 23.3 Å². The molecule has 2 N–H and O–H groups in total. The van der Waals surface area contributed by atoms with Gasteiger partial charge >= 0.3 is 5.97 Å². The number of aromatic nitrogens is 3. The highest BCUT2D eigenvalue weighted by Crippen LogP contribution is 2.37. The summed E-state index contributed by atoms with van der Waals surface area (Å²) in [6.07, 6.45) is 5.34. The topological polar surface area (TPSA) is 101 Å². The van der Waals surface area contributed by atoms with Crippen LogP contribution < -0.4 is 15.2 Å². The van der Waals surface area contributed by atoms with Gasteiger partial charge in [-0.3, -0.25) is 4.57 Å². The molecule has 33 heavy (non-hydrogen) atoms. The number of hydrogen-bond donors (Lipinski definition) is 1. The smallest absolute Gasteiger partial charge is 0.344 e. The zero-order valence-electron chi connectivity index (χ0n) is 18.5. The maximum Gasteiger partial charge on any atom is 0.344 e. The Labute approximate surface area is 191 Å². The van der Waals surface area contributed by atoms with Crippen LogP contribution >= 0.6 is 0 Å². The van der Waals surface area contributed by atoms with Crippen molar-refractivity contribution in [2.24, 2.45) is 0 Å². The number of benzene rings is 2. The lowest BCUT2D eigenvalue weighted by Crippen LogP contribution is -2.10. The minimum atomic E-state index is -0.489. The van der Waals surface area contributed by atoms with Crippen LogP contribution in [-0.4, -0.2) is 33.9 Å². The number of fused-ring (bicyclic) bond motifs is 3. The molecule has 1 aliphatic rings. The van der Waals surface area contributed by atoms with Crippen molar-refractivity contribution in [1.29, 1.82) is 0 Å². The van der Waals surface area contributed by atoms with E-state index in [9.17, 15) is 4.79 Å². The molecule has 1 aliphatic heterocycles. The van der Waals surface area contributed by atoms with Gasteiger partial charge < -0.3 is 19.9 Å². The summed E-state index contributed by atoms with van der Waals surface area (Å²) in [4.78, 5) is 22.6. The summed E-state index contributed by atoms with van der Waals surface area (Å²) in [7, 11) is 0. The van der Waals surface area contributed by atoms with Gasteiger partial charge in [-0.2, -0.15) is 0 Å². The number of ether oxygens (including phenoxy) is 3. The molecule has 0 saturated heterocycles. The Morgan fingerprint density at radius 3 is 2.61 bits per heavy atom. The molecule has 0 bridgehead atoms. The van der Waals surface area contributed by atoms with Crippen LogP contribution in [0.3, 0.4) is 0 Å². The number of anilines is 1. The molecule has 0 aliphatic carbocycles. The van der Waals surface area contributed by atoms with Gasteiger partial charge in [-0.15, -0.1) is 0 Å². The number of esters is 1. The van der Waals surface area contributed by atoms with Gasteiger partial charge in [0.2, 0.25) is 6.79 Å². The van der Waals surface area contributed by atoms with Gasteiger partial charge in [0.15, 0.2) is 17.1 Å². The van der Waals surface area contributed by atoms with Gasteiger partial charge in [-0.25, -0.2) is 14.8 Å². The number of nitrogen functional groups attached to an aromatic ring is 1. The average molecular weight is 447 g/mol. The summed E-state index contributed by atoms with van der Waals surface area (Å²) in [6, 6.07) is 13.0. The quantitative estimate of drug-likeness (QED) is 0.300. The molecular weight excluding hydrogens is 420 g/mol. The van der Waals surface area contributed by atoms with Crippen molar-refractivity contribution >= 4 is 34.0 Å². The Bertz CT molecular complexity index is 1330. The Kier molecular flexibility index (Phi) is 5.73. The summed E-state index contributed by atoms with van der Waals surface area (Å²) < 4.78 is 18.3. The maximum absolute atomic E-state index is 13.1. The molecule has 8 heteroatoms. The minimum absolute atomic E-state index is 0.168. The number of hydrogen-bond acceptors (Lipinski definition) is 7. The zero-order valence-corrected chi connectivity index (χ0v) is 18.5. The van der Waals surface area contributed by atoms with E-state index < -0.39 is 5.97 Å². The lowest BCUT2D eigenvalue weighted by molar-refractivity contribution is 0.0501. The Hall–Kier alpha value is -3.81. The molecule has 2 aromatic heterocycles. The van der Waals surface area contributed by atoms with Crippen molar-refractivity contribution in [1.82, 2.24) is 14.5 Å². The molecule has 0 amide bonds. The normalized spacial score (nSPS) is 12.5. The van der Waals surface area contributed by atoms with Crippen molar-refractivity contribution < 1.29 is 19.0 Å². The van der Waals surface area contributed by atoms with E-state index in [1.807, 2.05) is 42.5 Å². The molecule has 8 nitrogen and oxygen atoms in total. The summed E-state index contributed by atoms with van der Waals surface area (Å²) in [5.74, 6) is 1.01. The van der Waals surface area contributed by atoms with Crippen molar-refractivity contribution in [3.05, 3.63) is 48.0 Å². The van der Waals surface area contributed by atoms with E-state index in [0.717, 1.165) is 19.3 Å². The van der Waals surface area contributed by atoms with E-state index in [1.54, 1.807) is 4.57 Å². The fraction of sp³-hybridized carbons (Fsp3) is 0.320. The molecule has 0 atom stereocenters. The van der Waals surface area contributed by atoms with Crippen LogP contribution in [-0.2, 0) is 4.74 Å². The standard InChI is InChI=1S/C25H26N4O4/c1-2-3-4-5-8-13-31-25(30)21-22-24(28-18-10-7-6-9-17(18)27-22)29(23(21)26)16-11-12-19-20(14-16)33-15-32-19/h6-7,9-12,14H,2-5,8,13,15,26H2,1H3. The molecule has 4 aromatic rings. The zero-order chi connectivity index (χ0) is 22.8. The van der Waals surface area contributed by atoms with Gasteiger partial charge in [-0.05, 0) is 30.7 Å². The van der Waals surface area contributed by atoms with Gasteiger partial charge in [-0.1, -0.05) is 44.7 Å². The fourth-order valence-electron chi connectivity index (χ4n) is 4.09. The summed E-state index contributed by atoms with van der Waals surface area (Å²) in [6.45, 7) is 2.68. The van der Waals surface area contributed by atoms with Crippen LogP contribution in [0.25, 0.3) is 27.9 Å². The predicted molar refractivity (Wildman–Crippen MR) is 126 cm³/mol. The van der Waals surface area contributed by atoms with Crippen LogP contribution in [0.4, 0.5) is 5.82 Å². The van der Waals surface area contributed by atoms with Crippen molar-refractivity contribution in [3.63, 3.8) is 0 Å². The Balaban J connectivity index is 1.56. The molecule has 2 aromatic carbocycles. The van der Waals surface area contributed by atoms with E-state index in [1.165, 1.54) is 12.8 Å². The second-order valence-corrected chi connectivity index (χ2v) is 8.07. The third kappa shape index (κ3) is 3.92. The van der Waals surface area contributed by atoms with Crippen molar-refractivity contribution in [2.45, 2.75) is 39.0 Å². The van der Waals surface area contributed by atoms with E-state index in [2.05, 4.69) is 6.92 Å². The summed E-state index contributed by atoms with van der Waals surface area (Å²) >= 11 is 0. The van der Waals surface area contributed by atoms with Gasteiger partial charge in [0, 0.05) is 6.07 Å². The number of rotatable bonds is 8. The molecule has 3 heterocycles. The fourth-order valence-corrected chi connectivity index (χ4v) is 4.09. The van der Waals surface area contributed by atoms with E-state index in [4.69, 9.17) is 29.9 Å². The third-order valence-corrected chi connectivity index (χ3v) is 5.80. The number of para-hydroxylation sites is 2. The highest BCUT2D eigenvalue weighted by molar-refractivity contribution is 6.09. The lowest BCUT2D eigenvalue weighted by atomic mass is 10.2. The Morgan fingerprint density at radius 2 is 1.79 bits per heavy atom. The SMILES string of the molecule is CCCCCCCOC(=O)c1c(N)n(-c2ccc3c(c2)OCO3)c2nc3ccccc3nc12. The molecule has 0 fully saturated rings. The number of carbonyl (C=O) groups is 1. The summed E-state index contributed by atoms with van der Waals surface area (Å²) in [5.41, 5.74) is 9.76. The van der Waals surface area contributed by atoms with Crippen LogP contribution in [0.5, 0.6) is 11.5 Å².